The van der Waals surface area contributed by atoms with Gasteiger partial charge in [0.2, 0.25) is 0 Å². The third-order valence-electron chi connectivity index (χ3n) is 1.85. The molecule has 1 aromatic carbocycles. The van der Waals surface area contributed by atoms with Crippen molar-refractivity contribution in [1.82, 2.24) is 0 Å². The molecule has 0 fully saturated rings. The first kappa shape index (κ1) is 12.5. The number of ether oxygens (including phenoxy) is 1. The Labute approximate surface area is 95.0 Å². The largest absolute Gasteiger partial charge is 0.508 e. The van der Waals surface area contributed by atoms with E-state index in [0.29, 0.717) is 11.1 Å². The molecule has 88 valence electrons. The van der Waals surface area contributed by atoms with Crippen LogP contribution in [-0.2, 0) is 11.3 Å². The van der Waals surface area contributed by atoms with Crippen LogP contribution in [0.2, 0.25) is 0 Å². The Balaban J connectivity index is 2.95. The minimum absolute atomic E-state index is 0.0174. The standard InChI is InChI=1S/C12H17NO3/c1-12(2,3)16-11(15)9-4-8(7-13)5-10(14)6-9/h4-6,14H,7,13H2,1-3H3. The highest BCUT2D eigenvalue weighted by molar-refractivity contribution is 5.90. The summed E-state index contributed by atoms with van der Waals surface area (Å²) in [6.07, 6.45) is 0. The van der Waals surface area contributed by atoms with Crippen LogP contribution in [0.4, 0.5) is 0 Å². The SMILES string of the molecule is CC(C)(C)OC(=O)c1cc(O)cc(CN)c1. The number of aromatic hydroxyl groups is 1. The minimum Gasteiger partial charge on any atom is -0.508 e. The van der Waals surface area contributed by atoms with E-state index in [1.54, 1.807) is 26.8 Å². The number of hydrogen-bond acceptors (Lipinski definition) is 4. The molecule has 0 aliphatic rings. The first-order valence-corrected chi connectivity index (χ1v) is 5.08. The van der Waals surface area contributed by atoms with Gasteiger partial charge in [-0.05, 0) is 44.5 Å². The first-order chi connectivity index (χ1) is 7.31. The maximum Gasteiger partial charge on any atom is 0.338 e. The van der Waals surface area contributed by atoms with Crippen molar-refractivity contribution in [3.63, 3.8) is 0 Å². The third kappa shape index (κ3) is 3.55. The Morgan fingerprint density at radius 2 is 2.00 bits per heavy atom. The van der Waals surface area contributed by atoms with E-state index in [1.807, 2.05) is 0 Å². The fourth-order valence-electron chi connectivity index (χ4n) is 1.25. The van der Waals surface area contributed by atoms with Crippen LogP contribution in [0.5, 0.6) is 5.75 Å². The van der Waals surface area contributed by atoms with Gasteiger partial charge in [-0.25, -0.2) is 4.79 Å². The molecule has 0 unspecified atom stereocenters. The molecule has 0 spiro atoms. The molecule has 0 radical (unpaired) electrons. The predicted octanol–water partition coefficient (Wildman–Crippen LogP) is 1.81. The molecular weight excluding hydrogens is 206 g/mol. The molecule has 0 heterocycles. The zero-order chi connectivity index (χ0) is 12.3. The number of hydrogen-bond donors (Lipinski definition) is 2. The van der Waals surface area contributed by atoms with E-state index in [9.17, 15) is 9.90 Å². The Hall–Kier alpha value is -1.55. The summed E-state index contributed by atoms with van der Waals surface area (Å²) in [5.74, 6) is -0.443. The maximum atomic E-state index is 11.7. The van der Waals surface area contributed by atoms with Crippen LogP contribution in [0.15, 0.2) is 18.2 Å². The van der Waals surface area contributed by atoms with Crippen molar-refractivity contribution in [2.45, 2.75) is 32.9 Å². The normalized spacial score (nSPS) is 11.2. The zero-order valence-electron chi connectivity index (χ0n) is 9.78. The van der Waals surface area contributed by atoms with Crippen molar-refractivity contribution < 1.29 is 14.6 Å². The molecule has 1 rings (SSSR count). The Morgan fingerprint density at radius 1 is 1.38 bits per heavy atom. The smallest absolute Gasteiger partial charge is 0.338 e. The lowest BCUT2D eigenvalue weighted by atomic mass is 10.1. The molecule has 0 atom stereocenters. The summed E-state index contributed by atoms with van der Waals surface area (Å²) in [6.45, 7) is 5.64. The number of nitrogens with two attached hydrogens (primary N) is 1. The molecule has 0 aromatic heterocycles. The van der Waals surface area contributed by atoms with Gasteiger partial charge in [0.15, 0.2) is 0 Å². The number of carbonyl (C=O) groups is 1. The van der Waals surface area contributed by atoms with E-state index in [0.717, 1.165) is 0 Å². The number of esters is 1. The lowest BCUT2D eigenvalue weighted by Gasteiger charge is -2.19. The lowest BCUT2D eigenvalue weighted by Crippen LogP contribution is -2.24. The van der Waals surface area contributed by atoms with Gasteiger partial charge in [-0.1, -0.05) is 0 Å². The molecule has 0 saturated heterocycles. The monoisotopic (exact) mass is 223 g/mol. The summed E-state index contributed by atoms with van der Waals surface area (Å²) in [5.41, 5.74) is 5.91. The summed E-state index contributed by atoms with van der Waals surface area (Å²) in [7, 11) is 0. The lowest BCUT2D eigenvalue weighted by molar-refractivity contribution is 0.00690. The average molecular weight is 223 g/mol. The number of carbonyl (C=O) groups excluding carboxylic acids is 1. The topological polar surface area (TPSA) is 72.5 Å². The van der Waals surface area contributed by atoms with E-state index in [4.69, 9.17) is 10.5 Å². The fraction of sp³-hybridized carbons (Fsp3) is 0.417. The predicted molar refractivity (Wildman–Crippen MR) is 61.2 cm³/mol. The Morgan fingerprint density at radius 3 is 2.50 bits per heavy atom. The van der Waals surface area contributed by atoms with Gasteiger partial charge in [-0.15, -0.1) is 0 Å². The highest BCUT2D eigenvalue weighted by atomic mass is 16.6. The van der Waals surface area contributed by atoms with Crippen molar-refractivity contribution in [2.75, 3.05) is 0 Å². The van der Waals surface area contributed by atoms with Crippen molar-refractivity contribution in [1.29, 1.82) is 0 Å². The summed E-state index contributed by atoms with van der Waals surface area (Å²) in [6, 6.07) is 4.51. The van der Waals surface area contributed by atoms with Gasteiger partial charge in [0, 0.05) is 6.54 Å². The van der Waals surface area contributed by atoms with E-state index in [1.165, 1.54) is 12.1 Å². The van der Waals surface area contributed by atoms with Crippen LogP contribution in [0.3, 0.4) is 0 Å². The quantitative estimate of drug-likeness (QED) is 0.750. The van der Waals surface area contributed by atoms with Crippen LogP contribution in [0.1, 0.15) is 36.7 Å². The van der Waals surface area contributed by atoms with Crippen LogP contribution in [0.25, 0.3) is 0 Å². The number of phenolic OH excluding ortho intramolecular Hbond substituents is 1. The van der Waals surface area contributed by atoms with Gasteiger partial charge in [0.1, 0.15) is 11.4 Å². The minimum atomic E-state index is -0.550. The maximum absolute atomic E-state index is 11.7. The molecular formula is C12H17NO3. The summed E-state index contributed by atoms with van der Waals surface area (Å²) >= 11 is 0. The van der Waals surface area contributed by atoms with Gasteiger partial charge < -0.3 is 15.6 Å². The van der Waals surface area contributed by atoms with E-state index in [2.05, 4.69) is 0 Å². The van der Waals surface area contributed by atoms with Crippen LogP contribution >= 0.6 is 0 Å². The summed E-state index contributed by atoms with van der Waals surface area (Å²) in [5, 5.41) is 9.41. The third-order valence-corrected chi connectivity index (χ3v) is 1.85. The Kier molecular flexibility index (Phi) is 3.55. The fourth-order valence-corrected chi connectivity index (χ4v) is 1.25. The molecule has 0 amide bonds. The molecule has 0 aliphatic heterocycles. The van der Waals surface area contributed by atoms with Crippen molar-refractivity contribution in [3.8, 4) is 5.75 Å². The molecule has 4 nitrogen and oxygen atoms in total. The number of benzene rings is 1. The van der Waals surface area contributed by atoms with Crippen LogP contribution in [0, 0.1) is 0 Å². The van der Waals surface area contributed by atoms with Gasteiger partial charge in [-0.3, -0.25) is 0 Å². The van der Waals surface area contributed by atoms with Crippen molar-refractivity contribution in [3.05, 3.63) is 29.3 Å². The molecule has 1 aromatic rings. The highest BCUT2D eigenvalue weighted by Gasteiger charge is 2.18. The van der Waals surface area contributed by atoms with E-state index < -0.39 is 11.6 Å². The molecule has 3 N–H and O–H groups in total. The van der Waals surface area contributed by atoms with Gasteiger partial charge in [-0.2, -0.15) is 0 Å². The Bertz CT molecular complexity index is 394. The summed E-state index contributed by atoms with van der Waals surface area (Å²) < 4.78 is 5.19. The number of rotatable bonds is 2. The molecule has 16 heavy (non-hydrogen) atoms. The van der Waals surface area contributed by atoms with Gasteiger partial charge >= 0.3 is 5.97 Å². The molecule has 0 aliphatic carbocycles. The van der Waals surface area contributed by atoms with E-state index in [-0.39, 0.29) is 12.3 Å². The van der Waals surface area contributed by atoms with Gasteiger partial charge in [0.05, 0.1) is 5.56 Å². The molecule has 0 bridgehead atoms. The van der Waals surface area contributed by atoms with Crippen LogP contribution in [-0.4, -0.2) is 16.7 Å². The second-order valence-corrected chi connectivity index (χ2v) is 4.59. The average Bonchev–Trinajstić information content (AvgIpc) is 2.14. The molecule has 0 saturated carbocycles. The van der Waals surface area contributed by atoms with Gasteiger partial charge in [0.25, 0.3) is 0 Å². The zero-order valence-corrected chi connectivity index (χ0v) is 9.78. The highest BCUT2D eigenvalue weighted by Crippen LogP contribution is 2.18. The van der Waals surface area contributed by atoms with Crippen molar-refractivity contribution >= 4 is 5.97 Å². The second-order valence-electron chi connectivity index (χ2n) is 4.59. The second kappa shape index (κ2) is 4.53. The van der Waals surface area contributed by atoms with E-state index >= 15 is 0 Å². The summed E-state index contributed by atoms with van der Waals surface area (Å²) in [4.78, 5) is 11.7. The number of phenols is 1. The first-order valence-electron chi connectivity index (χ1n) is 5.08. The van der Waals surface area contributed by atoms with Crippen molar-refractivity contribution in [2.24, 2.45) is 5.73 Å². The van der Waals surface area contributed by atoms with Crippen LogP contribution < -0.4 is 5.73 Å². The molecule has 4 heteroatoms.